The zero-order chi connectivity index (χ0) is 20.9. The summed E-state index contributed by atoms with van der Waals surface area (Å²) in [6.45, 7) is 3.94. The predicted octanol–water partition coefficient (Wildman–Crippen LogP) is 4.39. The number of anilines is 1. The molecule has 4 rings (SSSR count). The first-order valence-electron chi connectivity index (χ1n) is 10.8. The van der Waals surface area contributed by atoms with E-state index in [2.05, 4.69) is 16.7 Å². The molecule has 0 bridgehead atoms. The Hall–Kier alpha value is -3.02. The number of rotatable bonds is 6. The predicted molar refractivity (Wildman–Crippen MR) is 117 cm³/mol. The summed E-state index contributed by atoms with van der Waals surface area (Å²) in [5.74, 6) is 1.03. The molecule has 0 unspecified atom stereocenters. The SMILES string of the molecule is CCOc1ccc(NC(=O)N2CCC[C@H](c3cccc(C(=O)NC4CC4)c3)C2)cc1. The van der Waals surface area contributed by atoms with Gasteiger partial charge in [-0.25, -0.2) is 4.79 Å². The Morgan fingerprint density at radius 2 is 1.90 bits per heavy atom. The van der Waals surface area contributed by atoms with E-state index in [1.54, 1.807) is 0 Å². The van der Waals surface area contributed by atoms with Crippen molar-refractivity contribution >= 4 is 17.6 Å². The van der Waals surface area contributed by atoms with Crippen LogP contribution in [0.2, 0.25) is 0 Å². The Kier molecular flexibility index (Phi) is 6.21. The number of piperidine rings is 1. The van der Waals surface area contributed by atoms with Crippen molar-refractivity contribution in [1.29, 1.82) is 0 Å². The van der Waals surface area contributed by atoms with Crippen LogP contribution in [-0.2, 0) is 0 Å². The highest BCUT2D eigenvalue weighted by Crippen LogP contribution is 2.28. The van der Waals surface area contributed by atoms with Crippen LogP contribution in [-0.4, -0.2) is 42.6 Å². The number of likely N-dealkylation sites (tertiary alicyclic amines) is 1. The molecular weight excluding hydrogens is 378 g/mol. The summed E-state index contributed by atoms with van der Waals surface area (Å²) in [6, 6.07) is 15.5. The molecule has 0 radical (unpaired) electrons. The van der Waals surface area contributed by atoms with Crippen LogP contribution in [0.3, 0.4) is 0 Å². The Morgan fingerprint density at radius 1 is 1.10 bits per heavy atom. The summed E-state index contributed by atoms with van der Waals surface area (Å²) >= 11 is 0. The molecular formula is C24H29N3O3. The standard InChI is InChI=1S/C24H29N3O3/c1-2-30-22-12-10-21(11-13-22)26-24(29)27-14-4-7-19(16-27)17-5-3-6-18(15-17)23(28)25-20-8-9-20/h3,5-6,10-13,15,19-20H,2,4,7-9,14,16H2,1H3,(H,25,28)(H,26,29)/t19-/m0/s1. The second-order valence-electron chi connectivity index (χ2n) is 8.05. The number of benzene rings is 2. The number of amides is 3. The Labute approximate surface area is 177 Å². The molecule has 1 aliphatic carbocycles. The van der Waals surface area contributed by atoms with Gasteiger partial charge in [0.1, 0.15) is 5.75 Å². The van der Waals surface area contributed by atoms with Crippen molar-refractivity contribution in [3.05, 3.63) is 59.7 Å². The average Bonchev–Trinajstić information content (AvgIpc) is 3.59. The van der Waals surface area contributed by atoms with Crippen molar-refractivity contribution in [1.82, 2.24) is 10.2 Å². The van der Waals surface area contributed by atoms with Gasteiger partial charge in [-0.15, -0.1) is 0 Å². The molecule has 6 heteroatoms. The maximum absolute atomic E-state index is 12.8. The molecule has 1 heterocycles. The second-order valence-corrected chi connectivity index (χ2v) is 8.05. The minimum absolute atomic E-state index is 0.000239. The lowest BCUT2D eigenvalue weighted by atomic mass is 9.89. The molecule has 1 atom stereocenters. The number of nitrogens with zero attached hydrogens (tertiary/aromatic N) is 1. The number of ether oxygens (including phenoxy) is 1. The Balaban J connectivity index is 1.37. The van der Waals surface area contributed by atoms with Crippen molar-refractivity contribution in [3.63, 3.8) is 0 Å². The molecule has 2 aromatic rings. The maximum Gasteiger partial charge on any atom is 0.321 e. The van der Waals surface area contributed by atoms with E-state index < -0.39 is 0 Å². The summed E-state index contributed by atoms with van der Waals surface area (Å²) in [5.41, 5.74) is 2.58. The Bertz CT molecular complexity index is 893. The highest BCUT2D eigenvalue weighted by Gasteiger charge is 2.27. The summed E-state index contributed by atoms with van der Waals surface area (Å²) in [4.78, 5) is 27.0. The average molecular weight is 408 g/mol. The lowest BCUT2D eigenvalue weighted by Gasteiger charge is -2.33. The van der Waals surface area contributed by atoms with Gasteiger partial charge in [0.25, 0.3) is 5.91 Å². The molecule has 1 saturated heterocycles. The Morgan fingerprint density at radius 3 is 2.63 bits per heavy atom. The van der Waals surface area contributed by atoms with Gasteiger partial charge >= 0.3 is 6.03 Å². The fourth-order valence-electron chi connectivity index (χ4n) is 3.87. The third-order valence-corrected chi connectivity index (χ3v) is 5.66. The number of carbonyl (C=O) groups excluding carboxylic acids is 2. The minimum atomic E-state index is -0.0912. The summed E-state index contributed by atoms with van der Waals surface area (Å²) in [5, 5.41) is 6.02. The number of hydrogen-bond donors (Lipinski definition) is 2. The van der Waals surface area contributed by atoms with Crippen molar-refractivity contribution in [2.75, 3.05) is 25.0 Å². The fourth-order valence-corrected chi connectivity index (χ4v) is 3.87. The smallest absolute Gasteiger partial charge is 0.321 e. The van der Waals surface area contributed by atoms with Crippen LogP contribution in [0.25, 0.3) is 0 Å². The highest BCUT2D eigenvalue weighted by molar-refractivity contribution is 5.94. The van der Waals surface area contributed by atoms with Gasteiger partial charge in [0.2, 0.25) is 0 Å². The van der Waals surface area contributed by atoms with E-state index in [9.17, 15) is 9.59 Å². The van der Waals surface area contributed by atoms with Crippen molar-refractivity contribution in [2.24, 2.45) is 0 Å². The quantitative estimate of drug-likeness (QED) is 0.746. The van der Waals surface area contributed by atoms with Crippen LogP contribution >= 0.6 is 0 Å². The van der Waals surface area contributed by atoms with Crippen LogP contribution < -0.4 is 15.4 Å². The van der Waals surface area contributed by atoms with Crippen LogP contribution in [0.5, 0.6) is 5.75 Å². The van der Waals surface area contributed by atoms with E-state index in [0.29, 0.717) is 24.8 Å². The van der Waals surface area contributed by atoms with Crippen LogP contribution in [0.15, 0.2) is 48.5 Å². The van der Waals surface area contributed by atoms with E-state index in [0.717, 1.165) is 49.2 Å². The number of carbonyl (C=O) groups is 2. The summed E-state index contributed by atoms with van der Waals surface area (Å²) in [6.07, 6.45) is 4.11. The molecule has 0 spiro atoms. The molecule has 2 aromatic carbocycles. The van der Waals surface area contributed by atoms with E-state index >= 15 is 0 Å². The fraction of sp³-hybridized carbons (Fsp3) is 0.417. The number of urea groups is 1. The van der Waals surface area contributed by atoms with Gasteiger partial charge in [-0.2, -0.15) is 0 Å². The second kappa shape index (κ2) is 9.20. The molecule has 3 amide bonds. The third kappa shape index (κ3) is 5.12. The third-order valence-electron chi connectivity index (χ3n) is 5.66. The lowest BCUT2D eigenvalue weighted by Crippen LogP contribution is -2.41. The molecule has 2 N–H and O–H groups in total. The first-order chi connectivity index (χ1) is 14.6. The number of nitrogens with one attached hydrogen (secondary N) is 2. The summed E-state index contributed by atoms with van der Waals surface area (Å²) in [7, 11) is 0. The molecule has 1 aliphatic heterocycles. The first-order valence-corrected chi connectivity index (χ1v) is 10.8. The number of hydrogen-bond acceptors (Lipinski definition) is 3. The topological polar surface area (TPSA) is 70.7 Å². The van der Waals surface area contributed by atoms with Gasteiger partial charge in [0, 0.05) is 36.3 Å². The van der Waals surface area contributed by atoms with Gasteiger partial charge in [0.15, 0.2) is 0 Å². The van der Waals surface area contributed by atoms with Gasteiger partial charge in [-0.3, -0.25) is 4.79 Å². The first kappa shape index (κ1) is 20.3. The highest BCUT2D eigenvalue weighted by atomic mass is 16.5. The molecule has 2 aliphatic rings. The van der Waals surface area contributed by atoms with E-state index in [4.69, 9.17) is 4.74 Å². The maximum atomic E-state index is 12.8. The molecule has 0 aromatic heterocycles. The van der Waals surface area contributed by atoms with Crippen LogP contribution in [0.1, 0.15) is 54.4 Å². The van der Waals surface area contributed by atoms with Crippen molar-refractivity contribution in [2.45, 2.75) is 44.6 Å². The molecule has 30 heavy (non-hydrogen) atoms. The monoisotopic (exact) mass is 407 g/mol. The zero-order valence-electron chi connectivity index (χ0n) is 17.4. The van der Waals surface area contributed by atoms with Gasteiger partial charge < -0.3 is 20.3 Å². The van der Waals surface area contributed by atoms with E-state index in [1.807, 2.05) is 54.3 Å². The normalized spacial score (nSPS) is 18.6. The van der Waals surface area contributed by atoms with Crippen molar-refractivity contribution in [3.8, 4) is 5.75 Å². The lowest BCUT2D eigenvalue weighted by molar-refractivity contribution is 0.0950. The van der Waals surface area contributed by atoms with Gasteiger partial charge in [-0.1, -0.05) is 12.1 Å². The van der Waals surface area contributed by atoms with Crippen LogP contribution in [0, 0.1) is 0 Å². The van der Waals surface area contributed by atoms with Gasteiger partial charge in [-0.05, 0) is 74.6 Å². The van der Waals surface area contributed by atoms with Crippen molar-refractivity contribution < 1.29 is 14.3 Å². The van der Waals surface area contributed by atoms with E-state index in [1.165, 1.54) is 0 Å². The molecule has 6 nitrogen and oxygen atoms in total. The zero-order valence-corrected chi connectivity index (χ0v) is 17.4. The largest absolute Gasteiger partial charge is 0.494 e. The molecule has 158 valence electrons. The van der Waals surface area contributed by atoms with Crippen LogP contribution in [0.4, 0.5) is 10.5 Å². The molecule has 1 saturated carbocycles. The molecule has 2 fully saturated rings. The summed E-state index contributed by atoms with van der Waals surface area (Å²) < 4.78 is 5.44. The van der Waals surface area contributed by atoms with E-state index in [-0.39, 0.29) is 17.9 Å². The van der Waals surface area contributed by atoms with Gasteiger partial charge in [0.05, 0.1) is 6.61 Å². The minimum Gasteiger partial charge on any atom is -0.494 e.